The molecule has 0 radical (unpaired) electrons. The van der Waals surface area contributed by atoms with Crippen molar-refractivity contribution < 1.29 is 4.39 Å². The van der Waals surface area contributed by atoms with Gasteiger partial charge in [-0.15, -0.1) is 0 Å². The van der Waals surface area contributed by atoms with Crippen molar-refractivity contribution >= 4 is 27.5 Å². The number of aromatic nitrogens is 1. The van der Waals surface area contributed by atoms with E-state index in [1.807, 2.05) is 19.1 Å². The molecule has 0 aliphatic carbocycles. The summed E-state index contributed by atoms with van der Waals surface area (Å²) in [5.41, 5.74) is 1.67. The summed E-state index contributed by atoms with van der Waals surface area (Å²) < 4.78 is 14.3. The molecule has 0 spiro atoms. The molecule has 2 rings (SSSR count). The monoisotopic (exact) mass is 356 g/mol. The van der Waals surface area contributed by atoms with Crippen LogP contribution in [-0.4, -0.2) is 11.5 Å². The lowest BCUT2D eigenvalue weighted by Crippen LogP contribution is -2.24. The second-order valence-corrected chi connectivity index (χ2v) is 5.68. The first kappa shape index (κ1) is 15.4. The van der Waals surface area contributed by atoms with E-state index < -0.39 is 0 Å². The average Bonchev–Trinajstić information content (AvgIpc) is 2.43. The number of nitrogens with one attached hydrogen (secondary N) is 1. The second kappa shape index (κ2) is 7.16. The molecule has 1 atom stereocenters. The molecule has 1 unspecified atom stereocenters. The van der Waals surface area contributed by atoms with Gasteiger partial charge in [-0.25, -0.2) is 4.39 Å². The van der Waals surface area contributed by atoms with Crippen LogP contribution in [0.15, 0.2) is 41.0 Å². The third-order valence-corrected chi connectivity index (χ3v) is 4.04. The van der Waals surface area contributed by atoms with Gasteiger partial charge in [-0.2, -0.15) is 0 Å². The predicted octanol–water partition coefficient (Wildman–Crippen LogP) is 4.53. The summed E-state index contributed by atoms with van der Waals surface area (Å²) in [7, 11) is 0. The van der Waals surface area contributed by atoms with E-state index in [9.17, 15) is 4.39 Å². The minimum absolute atomic E-state index is 0.0186. The predicted molar refractivity (Wildman–Crippen MR) is 83.5 cm³/mol. The quantitative estimate of drug-likeness (QED) is 0.850. The zero-order valence-electron chi connectivity index (χ0n) is 11.0. The Morgan fingerprint density at radius 3 is 2.90 bits per heavy atom. The molecule has 0 amide bonds. The number of halogens is 3. The van der Waals surface area contributed by atoms with Crippen LogP contribution in [0.2, 0.25) is 5.02 Å². The zero-order valence-corrected chi connectivity index (χ0v) is 13.4. The third-order valence-electron chi connectivity index (χ3n) is 3.00. The van der Waals surface area contributed by atoms with Gasteiger partial charge in [0.2, 0.25) is 0 Å². The molecule has 0 saturated heterocycles. The highest BCUT2D eigenvalue weighted by molar-refractivity contribution is 9.10. The summed E-state index contributed by atoms with van der Waals surface area (Å²) >= 11 is 9.64. The molecule has 1 heterocycles. The summed E-state index contributed by atoms with van der Waals surface area (Å²) in [4.78, 5) is 4.40. The molecule has 2 nitrogen and oxygen atoms in total. The number of pyridine rings is 1. The smallest absolute Gasteiger partial charge is 0.123 e. The zero-order chi connectivity index (χ0) is 14.5. The van der Waals surface area contributed by atoms with Crippen LogP contribution in [0.1, 0.15) is 24.2 Å². The Balaban J connectivity index is 2.30. The lowest BCUT2D eigenvalue weighted by atomic mass is 10.0. The van der Waals surface area contributed by atoms with Crippen molar-refractivity contribution in [2.24, 2.45) is 0 Å². The van der Waals surface area contributed by atoms with Crippen molar-refractivity contribution in [2.45, 2.75) is 19.4 Å². The molecule has 0 saturated carbocycles. The van der Waals surface area contributed by atoms with E-state index in [1.165, 1.54) is 12.1 Å². The van der Waals surface area contributed by atoms with Gasteiger partial charge >= 0.3 is 0 Å². The number of nitrogens with zero attached hydrogens (tertiary/aromatic N) is 1. The molecule has 106 valence electrons. The van der Waals surface area contributed by atoms with Crippen molar-refractivity contribution in [3.05, 3.63) is 63.1 Å². The Morgan fingerprint density at radius 1 is 1.40 bits per heavy atom. The lowest BCUT2D eigenvalue weighted by molar-refractivity contribution is 0.532. The molecule has 0 fully saturated rings. The van der Waals surface area contributed by atoms with Gasteiger partial charge in [0.05, 0.1) is 11.7 Å². The van der Waals surface area contributed by atoms with Crippen LogP contribution in [-0.2, 0) is 6.42 Å². The number of benzene rings is 1. The van der Waals surface area contributed by atoms with Gasteiger partial charge < -0.3 is 5.32 Å². The second-order valence-electron chi connectivity index (χ2n) is 4.42. The van der Waals surface area contributed by atoms with Crippen LogP contribution >= 0.6 is 27.5 Å². The maximum absolute atomic E-state index is 13.4. The van der Waals surface area contributed by atoms with Crippen LogP contribution in [0.3, 0.4) is 0 Å². The van der Waals surface area contributed by atoms with E-state index >= 15 is 0 Å². The maximum Gasteiger partial charge on any atom is 0.123 e. The summed E-state index contributed by atoms with van der Waals surface area (Å²) in [6, 6.07) is 8.22. The Hall–Kier alpha value is -0.970. The van der Waals surface area contributed by atoms with E-state index in [-0.39, 0.29) is 11.9 Å². The SMILES string of the molecule is CCNC(Cc1cc(F)ccc1Cl)c1ncccc1Br. The van der Waals surface area contributed by atoms with E-state index in [0.29, 0.717) is 11.4 Å². The third kappa shape index (κ3) is 3.78. The highest BCUT2D eigenvalue weighted by Crippen LogP contribution is 2.27. The maximum atomic E-state index is 13.4. The Kier molecular flexibility index (Phi) is 5.52. The molecule has 0 aliphatic rings. The minimum Gasteiger partial charge on any atom is -0.309 e. The van der Waals surface area contributed by atoms with Crippen LogP contribution in [0.25, 0.3) is 0 Å². The van der Waals surface area contributed by atoms with Crippen molar-refractivity contribution in [1.29, 1.82) is 0 Å². The Labute approximate surface area is 131 Å². The minimum atomic E-state index is -0.278. The summed E-state index contributed by atoms with van der Waals surface area (Å²) in [5, 5.41) is 3.93. The van der Waals surface area contributed by atoms with Gasteiger partial charge in [-0.05, 0) is 64.8 Å². The van der Waals surface area contributed by atoms with E-state index in [0.717, 1.165) is 22.3 Å². The first-order chi connectivity index (χ1) is 9.61. The van der Waals surface area contributed by atoms with Gasteiger partial charge in [0.25, 0.3) is 0 Å². The molecule has 2 aromatic rings. The lowest BCUT2D eigenvalue weighted by Gasteiger charge is -2.19. The van der Waals surface area contributed by atoms with Crippen molar-refractivity contribution in [3.8, 4) is 0 Å². The van der Waals surface area contributed by atoms with Crippen LogP contribution in [0.4, 0.5) is 4.39 Å². The molecular weight excluding hydrogens is 343 g/mol. The molecule has 0 bridgehead atoms. The normalized spacial score (nSPS) is 12.4. The van der Waals surface area contributed by atoms with E-state index in [1.54, 1.807) is 12.3 Å². The van der Waals surface area contributed by atoms with Crippen molar-refractivity contribution in [1.82, 2.24) is 10.3 Å². The topological polar surface area (TPSA) is 24.9 Å². The number of hydrogen-bond donors (Lipinski definition) is 1. The standard InChI is InChI=1S/C15H15BrClFN2/c1-2-19-14(15-12(16)4-3-7-20-15)9-10-8-11(18)5-6-13(10)17/h3-8,14,19H,2,9H2,1H3. The van der Waals surface area contributed by atoms with Gasteiger partial charge in [0, 0.05) is 15.7 Å². The van der Waals surface area contributed by atoms with Crippen LogP contribution in [0, 0.1) is 5.82 Å². The fourth-order valence-electron chi connectivity index (χ4n) is 2.09. The summed E-state index contributed by atoms with van der Waals surface area (Å²) in [6.07, 6.45) is 2.33. The number of hydrogen-bond acceptors (Lipinski definition) is 2. The fraction of sp³-hybridized carbons (Fsp3) is 0.267. The van der Waals surface area contributed by atoms with Crippen molar-refractivity contribution in [2.75, 3.05) is 6.54 Å². The highest BCUT2D eigenvalue weighted by Gasteiger charge is 2.17. The Bertz CT molecular complexity index is 592. The van der Waals surface area contributed by atoms with Crippen LogP contribution in [0.5, 0.6) is 0 Å². The molecule has 20 heavy (non-hydrogen) atoms. The fourth-order valence-corrected chi connectivity index (χ4v) is 2.81. The molecule has 5 heteroatoms. The van der Waals surface area contributed by atoms with Gasteiger partial charge in [0.1, 0.15) is 5.82 Å². The highest BCUT2D eigenvalue weighted by atomic mass is 79.9. The largest absolute Gasteiger partial charge is 0.309 e. The molecule has 1 N–H and O–H groups in total. The van der Waals surface area contributed by atoms with Crippen LogP contribution < -0.4 is 5.32 Å². The summed E-state index contributed by atoms with van der Waals surface area (Å²) in [6.45, 7) is 2.82. The first-order valence-corrected chi connectivity index (χ1v) is 7.56. The van der Waals surface area contributed by atoms with Gasteiger partial charge in [-0.1, -0.05) is 18.5 Å². The van der Waals surface area contributed by atoms with Gasteiger partial charge in [0.15, 0.2) is 0 Å². The molecule has 1 aromatic carbocycles. The molecular formula is C15H15BrClFN2. The first-order valence-electron chi connectivity index (χ1n) is 6.39. The summed E-state index contributed by atoms with van der Waals surface area (Å²) in [5.74, 6) is -0.278. The molecule has 0 aliphatic heterocycles. The number of rotatable bonds is 5. The van der Waals surface area contributed by atoms with Gasteiger partial charge in [-0.3, -0.25) is 4.98 Å². The average molecular weight is 358 g/mol. The van der Waals surface area contributed by atoms with Crippen molar-refractivity contribution in [3.63, 3.8) is 0 Å². The van der Waals surface area contributed by atoms with E-state index in [4.69, 9.17) is 11.6 Å². The van der Waals surface area contributed by atoms with E-state index in [2.05, 4.69) is 26.2 Å². The molecule has 1 aromatic heterocycles. The number of likely N-dealkylation sites (N-methyl/N-ethyl adjacent to an activating group) is 1. The Morgan fingerprint density at radius 2 is 2.20 bits per heavy atom.